The molecule has 2 atom stereocenters. The van der Waals surface area contributed by atoms with Crippen LogP contribution in [-0.4, -0.2) is 28.4 Å². The summed E-state index contributed by atoms with van der Waals surface area (Å²) in [6.07, 6.45) is 4.23. The molecule has 1 amide bonds. The van der Waals surface area contributed by atoms with Crippen molar-refractivity contribution in [2.24, 2.45) is 11.7 Å². The van der Waals surface area contributed by atoms with E-state index in [9.17, 15) is 14.9 Å². The van der Waals surface area contributed by atoms with Crippen LogP contribution in [0.2, 0.25) is 0 Å². The Bertz CT molecular complexity index is 777. The van der Waals surface area contributed by atoms with Gasteiger partial charge in [0.2, 0.25) is 0 Å². The average Bonchev–Trinajstić information content (AvgIpc) is 3.12. The molecule has 1 aromatic heterocycles. The molecule has 0 bridgehead atoms. The fraction of sp³-hybridized carbons (Fsp3) is 0.412. The normalized spacial score (nSPS) is 20.2. The standard InChI is InChI=1S/C17H20N4O3S/c18-9-12-4-1-2-7-14(12)19-16(22)15-10-25-17(20-15)11-5-3-6-13(8-11)21(23)24/h3,5-6,8,10,12,14H,1-2,4,7,9,18H2,(H,19,22). The zero-order valence-corrected chi connectivity index (χ0v) is 14.5. The van der Waals surface area contributed by atoms with Crippen molar-refractivity contribution in [1.82, 2.24) is 10.3 Å². The highest BCUT2D eigenvalue weighted by Gasteiger charge is 2.26. The van der Waals surface area contributed by atoms with E-state index in [0.29, 0.717) is 28.7 Å². The summed E-state index contributed by atoms with van der Waals surface area (Å²) in [6.45, 7) is 0.570. The van der Waals surface area contributed by atoms with E-state index in [4.69, 9.17) is 5.73 Å². The minimum atomic E-state index is -0.444. The van der Waals surface area contributed by atoms with Crippen molar-refractivity contribution in [1.29, 1.82) is 0 Å². The highest BCUT2D eigenvalue weighted by Crippen LogP contribution is 2.28. The quantitative estimate of drug-likeness (QED) is 0.629. The minimum Gasteiger partial charge on any atom is -0.348 e. The third kappa shape index (κ3) is 4.02. The summed E-state index contributed by atoms with van der Waals surface area (Å²) < 4.78 is 0. The van der Waals surface area contributed by atoms with Gasteiger partial charge in [0.15, 0.2) is 0 Å². The topological polar surface area (TPSA) is 111 Å². The molecule has 1 aliphatic carbocycles. The number of nitro benzene ring substituents is 1. The van der Waals surface area contributed by atoms with Gasteiger partial charge in [-0.05, 0) is 25.3 Å². The number of carbonyl (C=O) groups excluding carboxylic acids is 1. The van der Waals surface area contributed by atoms with E-state index in [-0.39, 0.29) is 17.6 Å². The van der Waals surface area contributed by atoms with E-state index in [1.807, 2.05) is 0 Å². The number of nitro groups is 1. The van der Waals surface area contributed by atoms with Crippen molar-refractivity contribution in [2.45, 2.75) is 31.7 Å². The second kappa shape index (κ2) is 7.71. The molecule has 0 saturated heterocycles. The van der Waals surface area contributed by atoms with Crippen LogP contribution >= 0.6 is 11.3 Å². The van der Waals surface area contributed by atoms with Crippen LogP contribution in [0, 0.1) is 16.0 Å². The zero-order valence-electron chi connectivity index (χ0n) is 13.7. The number of nitrogens with one attached hydrogen (secondary N) is 1. The average molecular weight is 360 g/mol. The van der Waals surface area contributed by atoms with Gasteiger partial charge in [0.1, 0.15) is 10.7 Å². The van der Waals surface area contributed by atoms with Crippen molar-refractivity contribution in [3.8, 4) is 10.6 Å². The largest absolute Gasteiger partial charge is 0.348 e. The van der Waals surface area contributed by atoms with Crippen molar-refractivity contribution in [3.63, 3.8) is 0 Å². The first-order chi connectivity index (χ1) is 12.1. The molecule has 1 fully saturated rings. The highest BCUT2D eigenvalue weighted by atomic mass is 32.1. The Morgan fingerprint density at radius 1 is 1.40 bits per heavy atom. The molecule has 0 aliphatic heterocycles. The Morgan fingerprint density at radius 3 is 2.96 bits per heavy atom. The van der Waals surface area contributed by atoms with Gasteiger partial charge in [-0.1, -0.05) is 25.0 Å². The summed E-state index contributed by atoms with van der Waals surface area (Å²) in [5.74, 6) is 0.103. The molecule has 8 heteroatoms. The number of nitrogens with zero attached hydrogens (tertiary/aromatic N) is 2. The number of carbonyl (C=O) groups is 1. The first-order valence-corrected chi connectivity index (χ1v) is 9.17. The molecule has 132 valence electrons. The number of amides is 1. The molecule has 3 N–H and O–H groups in total. The Balaban J connectivity index is 1.73. The molecule has 1 aliphatic rings. The number of aromatic nitrogens is 1. The van der Waals surface area contributed by atoms with Gasteiger partial charge in [-0.3, -0.25) is 14.9 Å². The molecular weight excluding hydrogens is 340 g/mol. The predicted octanol–water partition coefficient (Wildman–Crippen LogP) is 2.97. The number of nitrogens with two attached hydrogens (primary N) is 1. The van der Waals surface area contributed by atoms with E-state index in [1.165, 1.54) is 23.5 Å². The van der Waals surface area contributed by atoms with E-state index in [1.54, 1.807) is 17.5 Å². The van der Waals surface area contributed by atoms with Gasteiger partial charge in [-0.25, -0.2) is 4.98 Å². The summed E-state index contributed by atoms with van der Waals surface area (Å²) in [4.78, 5) is 27.3. The van der Waals surface area contributed by atoms with Crippen LogP contribution in [0.5, 0.6) is 0 Å². The van der Waals surface area contributed by atoms with Crippen LogP contribution in [0.3, 0.4) is 0 Å². The van der Waals surface area contributed by atoms with Crippen LogP contribution in [0.1, 0.15) is 36.2 Å². The highest BCUT2D eigenvalue weighted by molar-refractivity contribution is 7.13. The molecule has 0 spiro atoms. The second-order valence-corrected chi connectivity index (χ2v) is 7.06. The lowest BCUT2D eigenvalue weighted by Crippen LogP contribution is -2.44. The molecule has 2 aromatic rings. The van der Waals surface area contributed by atoms with E-state index in [0.717, 1.165) is 25.7 Å². The molecule has 1 heterocycles. The monoisotopic (exact) mass is 360 g/mol. The minimum absolute atomic E-state index is 0.00620. The number of benzene rings is 1. The molecule has 3 rings (SSSR count). The van der Waals surface area contributed by atoms with Gasteiger partial charge in [-0.2, -0.15) is 0 Å². The van der Waals surface area contributed by atoms with E-state index < -0.39 is 4.92 Å². The Labute approximate surface area is 149 Å². The smallest absolute Gasteiger partial charge is 0.271 e. The predicted molar refractivity (Wildman–Crippen MR) is 96.5 cm³/mol. The summed E-state index contributed by atoms with van der Waals surface area (Å²) in [5.41, 5.74) is 6.79. The maximum absolute atomic E-state index is 12.5. The van der Waals surface area contributed by atoms with Gasteiger partial charge in [0.05, 0.1) is 4.92 Å². The number of hydrogen-bond acceptors (Lipinski definition) is 6. The Hall–Kier alpha value is -2.32. The number of rotatable bonds is 5. The molecule has 7 nitrogen and oxygen atoms in total. The lowest BCUT2D eigenvalue weighted by Gasteiger charge is -2.31. The number of non-ortho nitro benzene ring substituents is 1. The van der Waals surface area contributed by atoms with Crippen molar-refractivity contribution >= 4 is 22.9 Å². The summed E-state index contributed by atoms with van der Waals surface area (Å²) in [5, 5.41) is 16.2. The van der Waals surface area contributed by atoms with Crippen LogP contribution in [-0.2, 0) is 0 Å². The number of hydrogen-bond donors (Lipinski definition) is 2. The maximum atomic E-state index is 12.5. The third-order valence-electron chi connectivity index (χ3n) is 4.57. The van der Waals surface area contributed by atoms with E-state index in [2.05, 4.69) is 10.3 Å². The number of thiazole rings is 1. The van der Waals surface area contributed by atoms with Crippen molar-refractivity contribution < 1.29 is 9.72 Å². The van der Waals surface area contributed by atoms with Crippen LogP contribution in [0.4, 0.5) is 5.69 Å². The molecule has 25 heavy (non-hydrogen) atoms. The lowest BCUT2D eigenvalue weighted by atomic mass is 9.84. The Morgan fingerprint density at radius 2 is 2.20 bits per heavy atom. The maximum Gasteiger partial charge on any atom is 0.271 e. The summed E-state index contributed by atoms with van der Waals surface area (Å²) in [6, 6.07) is 6.35. The fourth-order valence-electron chi connectivity index (χ4n) is 3.19. The SMILES string of the molecule is NCC1CCCCC1NC(=O)c1csc(-c2cccc([N+](=O)[O-])c2)n1. The lowest BCUT2D eigenvalue weighted by molar-refractivity contribution is -0.384. The molecular formula is C17H20N4O3S. The van der Waals surface area contributed by atoms with Crippen LogP contribution in [0.15, 0.2) is 29.6 Å². The van der Waals surface area contributed by atoms with Gasteiger partial charge in [-0.15, -0.1) is 11.3 Å². The first kappa shape index (κ1) is 17.5. The van der Waals surface area contributed by atoms with Gasteiger partial charge in [0.25, 0.3) is 11.6 Å². The van der Waals surface area contributed by atoms with Crippen LogP contribution in [0.25, 0.3) is 10.6 Å². The fourth-order valence-corrected chi connectivity index (χ4v) is 3.98. The molecule has 1 saturated carbocycles. The second-order valence-electron chi connectivity index (χ2n) is 6.21. The molecule has 2 unspecified atom stereocenters. The van der Waals surface area contributed by atoms with Gasteiger partial charge >= 0.3 is 0 Å². The van der Waals surface area contributed by atoms with E-state index >= 15 is 0 Å². The molecule has 1 aromatic carbocycles. The van der Waals surface area contributed by atoms with Crippen molar-refractivity contribution in [2.75, 3.05) is 6.54 Å². The third-order valence-corrected chi connectivity index (χ3v) is 5.46. The zero-order chi connectivity index (χ0) is 17.8. The van der Waals surface area contributed by atoms with Gasteiger partial charge < -0.3 is 11.1 Å². The Kier molecular flexibility index (Phi) is 5.40. The first-order valence-electron chi connectivity index (χ1n) is 8.29. The van der Waals surface area contributed by atoms with Crippen molar-refractivity contribution in [3.05, 3.63) is 45.5 Å². The van der Waals surface area contributed by atoms with Gasteiger partial charge in [0, 0.05) is 29.1 Å². The summed E-state index contributed by atoms with van der Waals surface area (Å²) in [7, 11) is 0. The molecule has 0 radical (unpaired) electrons. The summed E-state index contributed by atoms with van der Waals surface area (Å²) >= 11 is 1.30. The van der Waals surface area contributed by atoms with Crippen LogP contribution < -0.4 is 11.1 Å².